The average molecular weight is 297 g/mol. The monoisotopic (exact) mass is 296 g/mol. The molecule has 100 valence electrons. The zero-order valence-corrected chi connectivity index (χ0v) is 11.6. The molecule has 2 aromatic rings. The number of hydrogen-bond acceptors (Lipinski definition) is 4. The van der Waals surface area contributed by atoms with Crippen molar-refractivity contribution in [1.82, 2.24) is 0 Å². The van der Waals surface area contributed by atoms with Gasteiger partial charge in [0.1, 0.15) is 5.75 Å². The number of rotatable bonds is 5. The van der Waals surface area contributed by atoms with Gasteiger partial charge in [-0.2, -0.15) is 0 Å². The van der Waals surface area contributed by atoms with Crippen molar-refractivity contribution >= 4 is 28.8 Å². The highest BCUT2D eigenvalue weighted by Crippen LogP contribution is 2.23. The second-order valence-corrected chi connectivity index (χ2v) is 5.27. The van der Waals surface area contributed by atoms with E-state index in [1.165, 1.54) is 4.88 Å². The fourth-order valence-corrected chi connectivity index (χ4v) is 2.46. The molecule has 6 heteroatoms. The minimum absolute atomic E-state index is 0.0198. The molecule has 1 aromatic carbocycles. The minimum atomic E-state index is -0.0198. The standard InChI is InChI=1S/C13H13ClN2O2S/c14-9-3-4-12(11(8-9)13(15)16-17)18-6-5-10-2-1-7-19-10/h1-4,7-8,17H,5-6H2,(H2,15,16). The van der Waals surface area contributed by atoms with Crippen LogP contribution >= 0.6 is 22.9 Å². The Bertz CT molecular complexity index is 570. The van der Waals surface area contributed by atoms with E-state index in [1.807, 2.05) is 11.4 Å². The van der Waals surface area contributed by atoms with Crippen LogP contribution < -0.4 is 10.5 Å². The maximum Gasteiger partial charge on any atom is 0.173 e. The third-order valence-corrected chi connectivity index (χ3v) is 3.68. The van der Waals surface area contributed by atoms with Gasteiger partial charge >= 0.3 is 0 Å². The lowest BCUT2D eigenvalue weighted by atomic mass is 10.2. The Morgan fingerprint density at radius 2 is 2.26 bits per heavy atom. The molecule has 1 aromatic heterocycles. The molecule has 0 saturated carbocycles. The van der Waals surface area contributed by atoms with E-state index in [9.17, 15) is 0 Å². The maximum atomic E-state index is 8.75. The highest BCUT2D eigenvalue weighted by molar-refractivity contribution is 7.09. The fraction of sp³-hybridized carbons (Fsp3) is 0.154. The van der Waals surface area contributed by atoms with Crippen LogP contribution in [0.5, 0.6) is 5.75 Å². The summed E-state index contributed by atoms with van der Waals surface area (Å²) in [5.74, 6) is 0.532. The molecule has 2 rings (SSSR count). The first kappa shape index (κ1) is 13.7. The molecule has 0 saturated heterocycles. The summed E-state index contributed by atoms with van der Waals surface area (Å²) in [5, 5.41) is 14.3. The van der Waals surface area contributed by atoms with Crippen molar-refractivity contribution in [2.45, 2.75) is 6.42 Å². The molecule has 0 atom stereocenters. The molecule has 0 aliphatic heterocycles. The first-order chi connectivity index (χ1) is 9.20. The van der Waals surface area contributed by atoms with Gasteiger partial charge < -0.3 is 15.7 Å². The molecule has 0 fully saturated rings. The molecule has 3 N–H and O–H groups in total. The van der Waals surface area contributed by atoms with Crippen LogP contribution in [-0.4, -0.2) is 17.6 Å². The molecule has 1 heterocycles. The van der Waals surface area contributed by atoms with E-state index in [0.29, 0.717) is 22.9 Å². The van der Waals surface area contributed by atoms with E-state index in [0.717, 1.165) is 6.42 Å². The summed E-state index contributed by atoms with van der Waals surface area (Å²) in [6.07, 6.45) is 0.815. The first-order valence-corrected chi connectivity index (χ1v) is 6.89. The first-order valence-electron chi connectivity index (χ1n) is 5.63. The van der Waals surface area contributed by atoms with Gasteiger partial charge in [-0.15, -0.1) is 11.3 Å². The van der Waals surface area contributed by atoms with Crippen molar-refractivity contribution in [3.63, 3.8) is 0 Å². The Kier molecular flexibility index (Phi) is 4.65. The van der Waals surface area contributed by atoms with Gasteiger partial charge in [-0.3, -0.25) is 0 Å². The molecular formula is C13H13ClN2O2S. The third kappa shape index (κ3) is 3.62. The van der Waals surface area contributed by atoms with Crippen LogP contribution in [0.25, 0.3) is 0 Å². The molecule has 0 aliphatic rings. The smallest absolute Gasteiger partial charge is 0.173 e. The van der Waals surface area contributed by atoms with E-state index in [-0.39, 0.29) is 5.84 Å². The van der Waals surface area contributed by atoms with Crippen LogP contribution in [0.1, 0.15) is 10.4 Å². The van der Waals surface area contributed by atoms with E-state index >= 15 is 0 Å². The fourth-order valence-electron chi connectivity index (χ4n) is 1.60. The lowest BCUT2D eigenvalue weighted by Crippen LogP contribution is -2.15. The molecule has 0 amide bonds. The number of benzene rings is 1. The summed E-state index contributed by atoms with van der Waals surface area (Å²) in [4.78, 5) is 1.25. The van der Waals surface area contributed by atoms with Crippen LogP contribution in [0, 0.1) is 0 Å². The van der Waals surface area contributed by atoms with Crippen LogP contribution in [0.3, 0.4) is 0 Å². The molecule has 4 nitrogen and oxygen atoms in total. The zero-order chi connectivity index (χ0) is 13.7. The van der Waals surface area contributed by atoms with Gasteiger partial charge in [-0.05, 0) is 29.6 Å². The van der Waals surface area contributed by atoms with Crippen LogP contribution in [0.2, 0.25) is 5.02 Å². The normalized spacial score (nSPS) is 11.5. The average Bonchev–Trinajstić information content (AvgIpc) is 2.92. The second-order valence-electron chi connectivity index (χ2n) is 3.80. The Hall–Kier alpha value is -1.72. The largest absolute Gasteiger partial charge is 0.492 e. The third-order valence-electron chi connectivity index (χ3n) is 2.51. The van der Waals surface area contributed by atoms with Gasteiger partial charge in [-0.25, -0.2) is 0 Å². The molecule has 19 heavy (non-hydrogen) atoms. The summed E-state index contributed by atoms with van der Waals surface area (Å²) in [7, 11) is 0. The molecule has 0 spiro atoms. The quantitative estimate of drug-likeness (QED) is 0.385. The minimum Gasteiger partial charge on any atom is -0.492 e. The lowest BCUT2D eigenvalue weighted by molar-refractivity contribution is 0.314. The van der Waals surface area contributed by atoms with Crippen LogP contribution in [0.15, 0.2) is 40.9 Å². The summed E-state index contributed by atoms with van der Waals surface area (Å²) in [5.41, 5.74) is 6.08. The number of halogens is 1. The van der Waals surface area contributed by atoms with Crippen molar-refractivity contribution in [3.05, 3.63) is 51.2 Å². The Balaban J connectivity index is 2.07. The van der Waals surface area contributed by atoms with E-state index in [1.54, 1.807) is 29.5 Å². The topological polar surface area (TPSA) is 67.8 Å². The lowest BCUT2D eigenvalue weighted by Gasteiger charge is -2.10. The number of hydrogen-bond donors (Lipinski definition) is 2. The van der Waals surface area contributed by atoms with E-state index in [4.69, 9.17) is 27.3 Å². The van der Waals surface area contributed by atoms with E-state index < -0.39 is 0 Å². The Morgan fingerprint density at radius 1 is 1.42 bits per heavy atom. The van der Waals surface area contributed by atoms with Crippen molar-refractivity contribution in [3.8, 4) is 5.75 Å². The van der Waals surface area contributed by atoms with Crippen molar-refractivity contribution in [2.24, 2.45) is 10.9 Å². The highest BCUT2D eigenvalue weighted by Gasteiger charge is 2.09. The Labute approximate surface area is 120 Å². The predicted molar refractivity (Wildman–Crippen MR) is 77.5 cm³/mol. The Morgan fingerprint density at radius 3 is 2.95 bits per heavy atom. The van der Waals surface area contributed by atoms with Crippen molar-refractivity contribution in [2.75, 3.05) is 6.61 Å². The van der Waals surface area contributed by atoms with Gasteiger partial charge in [0.15, 0.2) is 5.84 Å². The number of oxime groups is 1. The SMILES string of the molecule is N/C(=N/O)c1cc(Cl)ccc1OCCc1cccs1. The van der Waals surface area contributed by atoms with Gasteiger partial charge in [-0.1, -0.05) is 22.8 Å². The van der Waals surface area contributed by atoms with Gasteiger partial charge in [0, 0.05) is 16.3 Å². The maximum absolute atomic E-state index is 8.75. The number of ether oxygens (including phenoxy) is 1. The van der Waals surface area contributed by atoms with Crippen LogP contribution in [-0.2, 0) is 6.42 Å². The number of nitrogens with two attached hydrogens (primary N) is 1. The molecule has 0 unspecified atom stereocenters. The van der Waals surface area contributed by atoms with Crippen LogP contribution in [0.4, 0.5) is 0 Å². The summed E-state index contributed by atoms with van der Waals surface area (Å²) >= 11 is 7.57. The summed E-state index contributed by atoms with van der Waals surface area (Å²) in [6.45, 7) is 0.522. The molecule has 0 bridgehead atoms. The van der Waals surface area contributed by atoms with Crippen molar-refractivity contribution in [1.29, 1.82) is 0 Å². The zero-order valence-electron chi connectivity index (χ0n) is 10.0. The number of nitrogens with zero attached hydrogens (tertiary/aromatic N) is 1. The summed E-state index contributed by atoms with van der Waals surface area (Å²) < 4.78 is 5.66. The number of amidine groups is 1. The van der Waals surface area contributed by atoms with E-state index in [2.05, 4.69) is 11.2 Å². The molecular weight excluding hydrogens is 284 g/mol. The molecule has 0 aliphatic carbocycles. The van der Waals surface area contributed by atoms with Gasteiger partial charge in [0.25, 0.3) is 0 Å². The van der Waals surface area contributed by atoms with Gasteiger partial charge in [0.2, 0.25) is 0 Å². The predicted octanol–water partition coefficient (Wildman–Crippen LogP) is 3.12. The highest BCUT2D eigenvalue weighted by atomic mass is 35.5. The second kappa shape index (κ2) is 6.45. The van der Waals surface area contributed by atoms with Crippen molar-refractivity contribution < 1.29 is 9.94 Å². The molecule has 0 radical (unpaired) electrons. The summed E-state index contributed by atoms with van der Waals surface area (Å²) in [6, 6.07) is 9.09. The number of thiophene rings is 1. The van der Waals surface area contributed by atoms with Gasteiger partial charge in [0.05, 0.1) is 12.2 Å².